The third-order valence-electron chi connectivity index (χ3n) is 6.15. The van der Waals surface area contributed by atoms with Gasteiger partial charge in [0.2, 0.25) is 0 Å². The van der Waals surface area contributed by atoms with Gasteiger partial charge in [-0.3, -0.25) is 9.59 Å². The molecule has 0 radical (unpaired) electrons. The van der Waals surface area contributed by atoms with Gasteiger partial charge in [-0.1, -0.05) is 57.2 Å². The van der Waals surface area contributed by atoms with Crippen molar-refractivity contribution in [2.75, 3.05) is 16.8 Å². The van der Waals surface area contributed by atoms with Crippen LogP contribution in [0.1, 0.15) is 55.4 Å². The largest absolute Gasteiger partial charge is 0.494 e. The molecular formula is C30H32N2O3. The number of hydrogen-bond donors (Lipinski definition) is 1. The van der Waals surface area contributed by atoms with Crippen LogP contribution in [0.3, 0.4) is 0 Å². The molecule has 0 fully saturated rings. The van der Waals surface area contributed by atoms with E-state index in [1.54, 1.807) is 0 Å². The molecule has 3 aromatic rings. The number of ether oxygens (including phenoxy) is 1. The van der Waals surface area contributed by atoms with Gasteiger partial charge in [-0.05, 0) is 78.8 Å². The fraction of sp³-hybridized carbons (Fsp3) is 0.267. The number of carbonyl (C=O) groups excluding carboxylic acids is 2. The highest BCUT2D eigenvalue weighted by molar-refractivity contribution is 6.46. The van der Waals surface area contributed by atoms with Crippen LogP contribution in [-0.4, -0.2) is 18.4 Å². The van der Waals surface area contributed by atoms with Crippen LogP contribution >= 0.6 is 0 Å². The second kappa shape index (κ2) is 10.2. The Hall–Kier alpha value is -3.86. The molecule has 0 unspecified atom stereocenters. The number of carbonyl (C=O) groups is 2. The zero-order valence-electron chi connectivity index (χ0n) is 21.0. The smallest absolute Gasteiger partial charge is 0.282 e. The Morgan fingerprint density at radius 3 is 2.20 bits per heavy atom. The van der Waals surface area contributed by atoms with Crippen molar-refractivity contribution in [1.82, 2.24) is 0 Å². The van der Waals surface area contributed by atoms with Crippen molar-refractivity contribution in [2.45, 2.75) is 47.0 Å². The van der Waals surface area contributed by atoms with E-state index < -0.39 is 0 Å². The van der Waals surface area contributed by atoms with Crippen LogP contribution in [0.15, 0.2) is 72.4 Å². The van der Waals surface area contributed by atoms with Gasteiger partial charge in [-0.25, -0.2) is 4.90 Å². The van der Waals surface area contributed by atoms with Gasteiger partial charge in [0.15, 0.2) is 0 Å². The number of nitrogens with zero attached hydrogens (tertiary/aromatic N) is 1. The summed E-state index contributed by atoms with van der Waals surface area (Å²) in [5.41, 5.74) is 5.71. The van der Waals surface area contributed by atoms with E-state index in [4.69, 9.17) is 4.74 Å². The number of hydrogen-bond acceptors (Lipinski definition) is 4. The van der Waals surface area contributed by atoms with Crippen molar-refractivity contribution in [1.29, 1.82) is 0 Å². The van der Waals surface area contributed by atoms with Gasteiger partial charge < -0.3 is 10.1 Å². The molecule has 4 rings (SSSR count). The third kappa shape index (κ3) is 4.99. The number of aryl methyl sites for hydroxylation is 2. The first-order valence-corrected chi connectivity index (χ1v) is 12.1. The minimum atomic E-state index is -0.363. The molecule has 5 nitrogen and oxygen atoms in total. The molecule has 2 amide bonds. The fourth-order valence-corrected chi connectivity index (χ4v) is 4.13. The molecule has 1 heterocycles. The van der Waals surface area contributed by atoms with Crippen LogP contribution in [-0.2, 0) is 9.59 Å². The Labute approximate surface area is 207 Å². The summed E-state index contributed by atoms with van der Waals surface area (Å²) in [6.07, 6.45) is 0.911. The standard InChI is InChI=1S/C30H32N2O3/c1-6-17-35-25-15-11-23(12-16-25)27-28(31-24-13-9-22(10-14-24)19(2)3)30(34)32(29(27)33)26-18-20(4)7-8-21(26)5/h7-16,18-19,31H,6,17H2,1-5H3. The number of benzene rings is 3. The lowest BCUT2D eigenvalue weighted by Crippen LogP contribution is -2.33. The van der Waals surface area contributed by atoms with E-state index in [-0.39, 0.29) is 17.5 Å². The van der Waals surface area contributed by atoms with Crippen molar-refractivity contribution < 1.29 is 14.3 Å². The van der Waals surface area contributed by atoms with E-state index in [9.17, 15) is 9.59 Å². The van der Waals surface area contributed by atoms with Gasteiger partial charge in [-0.2, -0.15) is 0 Å². The minimum Gasteiger partial charge on any atom is -0.494 e. The number of imide groups is 1. The molecule has 5 heteroatoms. The molecule has 1 aliphatic heterocycles. The number of nitrogens with one attached hydrogen (secondary N) is 1. The second-order valence-electron chi connectivity index (χ2n) is 9.26. The van der Waals surface area contributed by atoms with E-state index in [0.717, 1.165) is 29.0 Å². The lowest BCUT2D eigenvalue weighted by Gasteiger charge is -2.18. The summed E-state index contributed by atoms with van der Waals surface area (Å²) in [6, 6.07) is 21.1. The van der Waals surface area contributed by atoms with Crippen LogP contribution in [0.2, 0.25) is 0 Å². The summed E-state index contributed by atoms with van der Waals surface area (Å²) in [4.78, 5) is 28.8. The van der Waals surface area contributed by atoms with Crippen molar-refractivity contribution >= 4 is 28.8 Å². The predicted octanol–water partition coefficient (Wildman–Crippen LogP) is 6.61. The highest BCUT2D eigenvalue weighted by atomic mass is 16.5. The molecule has 0 spiro atoms. The Balaban J connectivity index is 1.77. The van der Waals surface area contributed by atoms with Crippen molar-refractivity contribution in [2.24, 2.45) is 0 Å². The van der Waals surface area contributed by atoms with E-state index >= 15 is 0 Å². The van der Waals surface area contributed by atoms with Gasteiger partial charge >= 0.3 is 0 Å². The molecule has 1 N–H and O–H groups in total. The van der Waals surface area contributed by atoms with E-state index in [2.05, 4.69) is 26.1 Å². The zero-order valence-corrected chi connectivity index (χ0v) is 21.0. The number of rotatable bonds is 8. The molecule has 1 aliphatic rings. The molecule has 0 saturated carbocycles. The Bertz CT molecular complexity index is 1270. The second-order valence-corrected chi connectivity index (χ2v) is 9.26. The Morgan fingerprint density at radius 1 is 0.886 bits per heavy atom. The number of amides is 2. The monoisotopic (exact) mass is 468 g/mol. The van der Waals surface area contributed by atoms with Crippen molar-refractivity contribution in [3.63, 3.8) is 0 Å². The average molecular weight is 469 g/mol. The van der Waals surface area contributed by atoms with Crippen LogP contribution in [0.25, 0.3) is 5.57 Å². The summed E-state index contributed by atoms with van der Waals surface area (Å²) in [7, 11) is 0. The maximum absolute atomic E-state index is 13.8. The van der Waals surface area contributed by atoms with Gasteiger partial charge in [0, 0.05) is 5.69 Å². The first-order chi connectivity index (χ1) is 16.8. The van der Waals surface area contributed by atoms with Gasteiger partial charge in [0.1, 0.15) is 11.4 Å². The van der Waals surface area contributed by atoms with Crippen LogP contribution in [0.5, 0.6) is 5.75 Å². The molecule has 0 bridgehead atoms. The normalized spacial score (nSPS) is 13.7. The summed E-state index contributed by atoms with van der Waals surface area (Å²) < 4.78 is 5.70. The molecule has 180 valence electrons. The Morgan fingerprint density at radius 2 is 1.57 bits per heavy atom. The minimum absolute atomic E-state index is 0.274. The average Bonchev–Trinajstić information content (AvgIpc) is 3.09. The summed E-state index contributed by atoms with van der Waals surface area (Å²) in [5, 5.41) is 3.25. The molecule has 0 aliphatic carbocycles. The van der Waals surface area contributed by atoms with Crippen LogP contribution in [0, 0.1) is 13.8 Å². The van der Waals surface area contributed by atoms with E-state index in [1.807, 2.05) is 80.6 Å². The van der Waals surface area contributed by atoms with Crippen LogP contribution in [0.4, 0.5) is 11.4 Å². The van der Waals surface area contributed by atoms with Crippen LogP contribution < -0.4 is 15.0 Å². The third-order valence-corrected chi connectivity index (χ3v) is 6.15. The topological polar surface area (TPSA) is 58.6 Å². The lowest BCUT2D eigenvalue weighted by atomic mass is 10.0. The number of anilines is 2. The summed E-state index contributed by atoms with van der Waals surface area (Å²) in [6.45, 7) is 10.8. The maximum atomic E-state index is 13.8. The molecule has 35 heavy (non-hydrogen) atoms. The van der Waals surface area contributed by atoms with Crippen molar-refractivity contribution in [3.05, 3.63) is 94.7 Å². The van der Waals surface area contributed by atoms with E-state index in [1.165, 1.54) is 10.5 Å². The Kier molecular flexibility index (Phi) is 7.06. The zero-order chi connectivity index (χ0) is 25.1. The first-order valence-electron chi connectivity index (χ1n) is 12.1. The summed E-state index contributed by atoms with van der Waals surface area (Å²) in [5.74, 6) is 0.435. The van der Waals surface area contributed by atoms with Gasteiger partial charge in [0.05, 0.1) is 17.9 Å². The molecular weight excluding hydrogens is 436 g/mol. The predicted molar refractivity (Wildman–Crippen MR) is 142 cm³/mol. The molecule has 0 atom stereocenters. The van der Waals surface area contributed by atoms with E-state index in [0.29, 0.717) is 29.3 Å². The van der Waals surface area contributed by atoms with Gasteiger partial charge in [0.25, 0.3) is 11.8 Å². The SMILES string of the molecule is CCCOc1ccc(C2=C(Nc3ccc(C(C)C)cc3)C(=O)N(c3cc(C)ccc3C)C2=O)cc1. The quantitative estimate of drug-likeness (QED) is 0.378. The lowest BCUT2D eigenvalue weighted by molar-refractivity contribution is -0.120. The maximum Gasteiger partial charge on any atom is 0.282 e. The molecule has 3 aromatic carbocycles. The first kappa shape index (κ1) is 24.3. The summed E-state index contributed by atoms with van der Waals surface area (Å²) >= 11 is 0. The molecule has 0 saturated heterocycles. The highest BCUT2D eigenvalue weighted by Gasteiger charge is 2.40. The molecule has 0 aromatic heterocycles. The highest BCUT2D eigenvalue weighted by Crippen LogP contribution is 2.36. The van der Waals surface area contributed by atoms with Crippen molar-refractivity contribution in [3.8, 4) is 5.75 Å². The fourth-order valence-electron chi connectivity index (χ4n) is 4.13. The van der Waals surface area contributed by atoms with Gasteiger partial charge in [-0.15, -0.1) is 0 Å².